The molecule has 0 unspecified atom stereocenters. The van der Waals surface area contributed by atoms with Gasteiger partial charge in [0.15, 0.2) is 0 Å². The second-order valence-corrected chi connectivity index (χ2v) is 9.99. The number of benzene rings is 1. The first-order valence-electron chi connectivity index (χ1n) is 11.3. The van der Waals surface area contributed by atoms with Crippen LogP contribution in [-0.4, -0.2) is 52.8 Å². The third kappa shape index (κ3) is 4.79. The minimum atomic E-state index is -4.98. The van der Waals surface area contributed by atoms with Gasteiger partial charge in [0.25, 0.3) is 0 Å². The quantitative estimate of drug-likeness (QED) is 0.438. The van der Waals surface area contributed by atoms with Crippen molar-refractivity contribution in [1.29, 1.82) is 0 Å². The van der Waals surface area contributed by atoms with Gasteiger partial charge < -0.3 is 14.7 Å². The normalized spacial score (nSPS) is 21.5. The summed E-state index contributed by atoms with van der Waals surface area (Å²) in [5.41, 5.74) is -1.29. The van der Waals surface area contributed by atoms with Crippen molar-refractivity contribution in [2.45, 2.75) is 57.2 Å². The minimum absolute atomic E-state index is 0.00958. The van der Waals surface area contributed by atoms with Crippen LogP contribution in [0.1, 0.15) is 59.7 Å². The number of hydrogen-bond acceptors (Lipinski definition) is 3. The Balaban J connectivity index is 1.68. The molecule has 196 valence electrons. The molecule has 4 rings (SSSR count). The molecule has 0 bridgehead atoms. The van der Waals surface area contributed by atoms with E-state index >= 15 is 0 Å². The molecule has 2 aliphatic heterocycles. The van der Waals surface area contributed by atoms with Crippen molar-refractivity contribution >= 4 is 23.3 Å². The number of nitrogens with zero attached hydrogens (tertiary/aromatic N) is 3. The second kappa shape index (κ2) is 9.28. The summed E-state index contributed by atoms with van der Waals surface area (Å²) < 4.78 is 80.2. The van der Waals surface area contributed by atoms with Gasteiger partial charge in [0.2, 0.25) is 5.91 Å². The van der Waals surface area contributed by atoms with Crippen LogP contribution in [0.15, 0.2) is 29.0 Å². The fourth-order valence-corrected chi connectivity index (χ4v) is 5.89. The van der Waals surface area contributed by atoms with Crippen molar-refractivity contribution in [1.82, 2.24) is 14.7 Å². The van der Waals surface area contributed by atoms with Crippen LogP contribution < -0.4 is 0 Å². The average molecular weight is 534 g/mol. The van der Waals surface area contributed by atoms with E-state index in [1.807, 2.05) is 17.7 Å². The predicted molar refractivity (Wildman–Crippen MR) is 121 cm³/mol. The van der Waals surface area contributed by atoms with Gasteiger partial charge in [0.1, 0.15) is 0 Å². The molecule has 3 atom stereocenters. The SMILES string of the molecule is Cc1cscc1[C@H]1[C@@H]2CCC(=O)N2CCN1C(=O)N(C)[C@H](C)c1cc(C(F)(F)F)cc(C(F)(F)F)c1. The molecular formula is C24H25F6N3O2S. The number of urea groups is 1. The Morgan fingerprint density at radius 3 is 2.19 bits per heavy atom. The maximum Gasteiger partial charge on any atom is 0.416 e. The zero-order chi connectivity index (χ0) is 26.6. The number of thiophene rings is 1. The third-order valence-corrected chi connectivity index (χ3v) is 7.97. The minimum Gasteiger partial charge on any atom is -0.335 e. The van der Waals surface area contributed by atoms with E-state index < -0.39 is 41.6 Å². The van der Waals surface area contributed by atoms with Gasteiger partial charge in [-0.3, -0.25) is 4.79 Å². The Hall–Kier alpha value is -2.76. The van der Waals surface area contributed by atoms with Crippen LogP contribution in [-0.2, 0) is 17.1 Å². The molecule has 0 N–H and O–H groups in total. The molecule has 0 saturated carbocycles. The highest BCUT2D eigenvalue weighted by Crippen LogP contribution is 2.42. The maximum atomic E-state index is 13.7. The van der Waals surface area contributed by atoms with Gasteiger partial charge in [-0.25, -0.2) is 4.79 Å². The first-order valence-corrected chi connectivity index (χ1v) is 12.3. The number of alkyl halides is 6. The van der Waals surface area contributed by atoms with Gasteiger partial charge >= 0.3 is 18.4 Å². The number of piperazine rings is 1. The molecule has 2 aromatic rings. The lowest BCUT2D eigenvalue weighted by Crippen LogP contribution is -2.57. The van der Waals surface area contributed by atoms with E-state index in [0.29, 0.717) is 31.5 Å². The summed E-state index contributed by atoms with van der Waals surface area (Å²) in [7, 11) is 1.37. The van der Waals surface area contributed by atoms with Gasteiger partial charge in [0, 0.05) is 26.6 Å². The maximum absolute atomic E-state index is 13.7. The van der Waals surface area contributed by atoms with E-state index in [1.165, 1.54) is 25.3 Å². The summed E-state index contributed by atoms with van der Waals surface area (Å²) in [6.45, 7) is 3.82. The number of rotatable bonds is 3. The molecule has 12 heteroatoms. The number of halogens is 6. The molecule has 0 spiro atoms. The van der Waals surface area contributed by atoms with E-state index in [4.69, 9.17) is 0 Å². The summed E-state index contributed by atoms with van der Waals surface area (Å²) in [4.78, 5) is 30.6. The van der Waals surface area contributed by atoms with Gasteiger partial charge in [-0.15, -0.1) is 0 Å². The molecule has 5 nitrogen and oxygen atoms in total. The van der Waals surface area contributed by atoms with Crippen LogP contribution in [0.3, 0.4) is 0 Å². The summed E-state index contributed by atoms with van der Waals surface area (Å²) in [6, 6.07) is -0.917. The molecular weight excluding hydrogens is 508 g/mol. The van der Waals surface area contributed by atoms with E-state index in [9.17, 15) is 35.9 Å². The number of fused-ring (bicyclic) bond motifs is 1. The third-order valence-electron chi connectivity index (χ3n) is 7.09. The average Bonchev–Trinajstić information content (AvgIpc) is 3.40. The first kappa shape index (κ1) is 26.3. The van der Waals surface area contributed by atoms with Crippen molar-refractivity contribution in [3.8, 4) is 0 Å². The number of carbonyl (C=O) groups excluding carboxylic acids is 2. The van der Waals surface area contributed by atoms with Gasteiger partial charge in [-0.1, -0.05) is 0 Å². The number of carbonyl (C=O) groups is 2. The monoisotopic (exact) mass is 533 g/mol. The van der Waals surface area contributed by atoms with Crippen molar-refractivity contribution in [2.24, 2.45) is 0 Å². The molecule has 2 saturated heterocycles. The van der Waals surface area contributed by atoms with E-state index in [2.05, 4.69) is 0 Å². The summed E-state index contributed by atoms with van der Waals surface area (Å²) in [6.07, 6.45) is -9.04. The first-order chi connectivity index (χ1) is 16.7. The van der Waals surface area contributed by atoms with E-state index in [1.54, 1.807) is 9.80 Å². The van der Waals surface area contributed by atoms with Crippen LogP contribution in [0.2, 0.25) is 0 Å². The highest BCUT2D eigenvalue weighted by atomic mass is 32.1. The lowest BCUT2D eigenvalue weighted by atomic mass is 9.93. The summed E-state index contributed by atoms with van der Waals surface area (Å²) >= 11 is 1.46. The van der Waals surface area contributed by atoms with Crippen molar-refractivity contribution in [3.05, 3.63) is 56.8 Å². The molecule has 36 heavy (non-hydrogen) atoms. The fraction of sp³-hybridized carbons (Fsp3) is 0.500. The molecule has 0 radical (unpaired) electrons. The fourth-order valence-electron chi connectivity index (χ4n) is 5.01. The van der Waals surface area contributed by atoms with Gasteiger partial charge in [-0.2, -0.15) is 37.7 Å². The van der Waals surface area contributed by atoms with Crippen LogP contribution in [0.4, 0.5) is 31.1 Å². The Labute approximate surface area is 208 Å². The number of aryl methyl sites for hydroxylation is 1. The largest absolute Gasteiger partial charge is 0.416 e. The lowest BCUT2D eigenvalue weighted by Gasteiger charge is -2.46. The second-order valence-electron chi connectivity index (χ2n) is 9.25. The molecule has 2 fully saturated rings. The Kier molecular flexibility index (Phi) is 6.78. The Bertz CT molecular complexity index is 1130. The van der Waals surface area contributed by atoms with Crippen LogP contribution >= 0.6 is 11.3 Å². The van der Waals surface area contributed by atoms with Crippen molar-refractivity contribution in [2.75, 3.05) is 20.1 Å². The van der Waals surface area contributed by atoms with Crippen molar-refractivity contribution in [3.63, 3.8) is 0 Å². The van der Waals surface area contributed by atoms with Crippen molar-refractivity contribution < 1.29 is 35.9 Å². The molecule has 1 aromatic heterocycles. The molecule has 1 aromatic carbocycles. The van der Waals surface area contributed by atoms with Gasteiger partial charge in [-0.05, 0) is 65.9 Å². The molecule has 3 heterocycles. The lowest BCUT2D eigenvalue weighted by molar-refractivity contribution is -0.143. The van der Waals surface area contributed by atoms with Gasteiger partial charge in [0.05, 0.1) is 29.3 Å². The predicted octanol–water partition coefficient (Wildman–Crippen LogP) is 6.25. The Morgan fingerprint density at radius 2 is 1.67 bits per heavy atom. The Morgan fingerprint density at radius 1 is 1.06 bits per heavy atom. The summed E-state index contributed by atoms with van der Waals surface area (Å²) in [5, 5.41) is 3.85. The topological polar surface area (TPSA) is 43.9 Å². The molecule has 2 aliphatic rings. The molecule has 3 amide bonds. The number of amides is 3. The molecule has 0 aliphatic carbocycles. The van der Waals surface area contributed by atoms with Crippen LogP contribution in [0.5, 0.6) is 0 Å². The highest BCUT2D eigenvalue weighted by molar-refractivity contribution is 7.08. The van der Waals surface area contributed by atoms with Crippen LogP contribution in [0, 0.1) is 6.92 Å². The highest BCUT2D eigenvalue weighted by Gasteiger charge is 2.46. The smallest absolute Gasteiger partial charge is 0.335 e. The van der Waals surface area contributed by atoms with E-state index in [0.717, 1.165) is 16.0 Å². The zero-order valence-electron chi connectivity index (χ0n) is 19.8. The van der Waals surface area contributed by atoms with Crippen LogP contribution in [0.25, 0.3) is 0 Å². The summed E-state index contributed by atoms with van der Waals surface area (Å²) in [5.74, 6) is 0.00958. The zero-order valence-corrected chi connectivity index (χ0v) is 20.6. The number of hydrogen-bond donors (Lipinski definition) is 0. The van der Waals surface area contributed by atoms with E-state index in [-0.39, 0.29) is 30.1 Å². The standard InChI is InChI=1S/C24H25F6N3O2S/c1-13-11-36-12-18(13)21-19-4-5-20(34)32(19)6-7-33(21)22(35)31(3)14(2)15-8-16(23(25,26)27)10-17(9-15)24(28,29)30/h8-12,14,19,21H,4-7H2,1-3H3/t14-,19+,21+/m1/s1.